The molecule has 4 N–H and O–H groups in total. The van der Waals surface area contributed by atoms with Crippen LogP contribution in [-0.4, -0.2) is 5.11 Å². The van der Waals surface area contributed by atoms with E-state index in [9.17, 15) is 5.11 Å². The lowest BCUT2D eigenvalue weighted by Crippen LogP contribution is -2.09. The van der Waals surface area contributed by atoms with Gasteiger partial charge in [0.05, 0.1) is 5.69 Å². The maximum absolute atomic E-state index is 9.26. The van der Waals surface area contributed by atoms with Crippen molar-refractivity contribution in [2.24, 2.45) is 5.84 Å². The van der Waals surface area contributed by atoms with Gasteiger partial charge in [0.25, 0.3) is 0 Å². The van der Waals surface area contributed by atoms with Crippen LogP contribution in [0.15, 0.2) is 12.1 Å². The summed E-state index contributed by atoms with van der Waals surface area (Å²) in [7, 11) is 0. The highest BCUT2D eigenvalue weighted by atomic mass is 35.5. The summed E-state index contributed by atoms with van der Waals surface area (Å²) in [5.41, 5.74) is 5.16. The molecular weight excluding hydrogens is 176 g/mol. The minimum Gasteiger partial charge on any atom is -0.508 e. The third kappa shape index (κ3) is 1.81. The molecule has 0 amide bonds. The second-order valence-electron chi connectivity index (χ2n) is 2.55. The molecule has 0 radical (unpaired) electrons. The van der Waals surface area contributed by atoms with Crippen molar-refractivity contribution in [2.75, 3.05) is 5.43 Å². The number of anilines is 1. The zero-order valence-electron chi connectivity index (χ0n) is 7.09. The number of phenolic OH excluding ortho intramolecular Hbond substituents is 1. The molecule has 0 spiro atoms. The van der Waals surface area contributed by atoms with Crippen LogP contribution in [0.1, 0.15) is 11.1 Å². The number of hydrogen-bond acceptors (Lipinski definition) is 3. The minimum absolute atomic E-state index is 0. The molecule has 0 aliphatic carbocycles. The smallest absolute Gasteiger partial charge is 0.120 e. The Morgan fingerprint density at radius 3 is 2.33 bits per heavy atom. The quantitative estimate of drug-likeness (QED) is 0.465. The SMILES string of the molecule is Cc1ccc(O)c(C)c1NN.Cl. The van der Waals surface area contributed by atoms with E-state index in [0.29, 0.717) is 0 Å². The van der Waals surface area contributed by atoms with Crippen molar-refractivity contribution in [2.45, 2.75) is 13.8 Å². The minimum atomic E-state index is 0. The largest absolute Gasteiger partial charge is 0.508 e. The van der Waals surface area contributed by atoms with E-state index in [0.717, 1.165) is 16.8 Å². The summed E-state index contributed by atoms with van der Waals surface area (Å²) in [5.74, 6) is 5.53. The number of rotatable bonds is 1. The van der Waals surface area contributed by atoms with Crippen LogP contribution in [-0.2, 0) is 0 Å². The maximum Gasteiger partial charge on any atom is 0.120 e. The van der Waals surface area contributed by atoms with Crippen molar-refractivity contribution in [1.82, 2.24) is 0 Å². The highest BCUT2D eigenvalue weighted by molar-refractivity contribution is 5.85. The van der Waals surface area contributed by atoms with Gasteiger partial charge >= 0.3 is 0 Å². The molecule has 68 valence electrons. The lowest BCUT2D eigenvalue weighted by atomic mass is 10.1. The third-order valence-electron chi connectivity index (χ3n) is 1.79. The molecule has 1 aromatic rings. The molecule has 0 atom stereocenters. The third-order valence-corrected chi connectivity index (χ3v) is 1.79. The van der Waals surface area contributed by atoms with Crippen molar-refractivity contribution < 1.29 is 5.11 Å². The van der Waals surface area contributed by atoms with Crippen LogP contribution in [0.4, 0.5) is 5.69 Å². The number of nitrogens with two attached hydrogens (primary N) is 1. The number of halogens is 1. The lowest BCUT2D eigenvalue weighted by molar-refractivity contribution is 0.471. The summed E-state index contributed by atoms with van der Waals surface area (Å²) in [6.07, 6.45) is 0. The summed E-state index contributed by atoms with van der Waals surface area (Å²) in [5, 5.41) is 9.26. The first-order valence-corrected chi connectivity index (χ1v) is 3.42. The normalized spacial score (nSPS) is 8.92. The molecule has 0 saturated heterocycles. The van der Waals surface area contributed by atoms with Gasteiger partial charge in [-0.2, -0.15) is 0 Å². The average Bonchev–Trinajstić information content (AvgIpc) is 1.99. The first kappa shape index (κ1) is 11.1. The number of aromatic hydroxyl groups is 1. The van der Waals surface area contributed by atoms with E-state index in [1.807, 2.05) is 19.9 Å². The predicted molar refractivity (Wildman–Crippen MR) is 52.6 cm³/mol. The van der Waals surface area contributed by atoms with Gasteiger partial charge in [-0.25, -0.2) is 0 Å². The van der Waals surface area contributed by atoms with Crippen LogP contribution in [0.25, 0.3) is 0 Å². The second kappa shape index (κ2) is 4.18. The Hall–Kier alpha value is -0.930. The monoisotopic (exact) mass is 188 g/mol. The van der Waals surface area contributed by atoms with Crippen LogP contribution in [0, 0.1) is 13.8 Å². The number of phenols is 1. The van der Waals surface area contributed by atoms with E-state index in [4.69, 9.17) is 5.84 Å². The molecule has 1 rings (SSSR count). The highest BCUT2D eigenvalue weighted by Crippen LogP contribution is 2.26. The Bertz CT molecular complexity index is 276. The molecule has 0 aliphatic heterocycles. The van der Waals surface area contributed by atoms with E-state index < -0.39 is 0 Å². The fourth-order valence-corrected chi connectivity index (χ4v) is 1.06. The number of hydrogen-bond donors (Lipinski definition) is 3. The molecule has 0 heterocycles. The number of hydrazine groups is 1. The average molecular weight is 189 g/mol. The lowest BCUT2D eigenvalue weighted by Gasteiger charge is -2.09. The van der Waals surface area contributed by atoms with Crippen molar-refractivity contribution in [3.63, 3.8) is 0 Å². The van der Waals surface area contributed by atoms with Crippen molar-refractivity contribution >= 4 is 18.1 Å². The van der Waals surface area contributed by atoms with E-state index >= 15 is 0 Å². The number of nitrogens with one attached hydrogen (secondary N) is 1. The van der Waals surface area contributed by atoms with Gasteiger partial charge in [-0.3, -0.25) is 5.84 Å². The number of nitrogen functional groups attached to an aromatic ring is 1. The van der Waals surface area contributed by atoms with Crippen LogP contribution in [0.5, 0.6) is 5.75 Å². The van der Waals surface area contributed by atoms with Crippen LogP contribution < -0.4 is 11.3 Å². The molecule has 4 heteroatoms. The second-order valence-corrected chi connectivity index (χ2v) is 2.55. The van der Waals surface area contributed by atoms with Gasteiger partial charge in [-0.15, -0.1) is 12.4 Å². The maximum atomic E-state index is 9.26. The summed E-state index contributed by atoms with van der Waals surface area (Å²) in [6, 6.07) is 3.48. The molecule has 1 aromatic carbocycles. The van der Waals surface area contributed by atoms with Crippen molar-refractivity contribution in [1.29, 1.82) is 0 Å². The highest BCUT2D eigenvalue weighted by Gasteiger charge is 2.03. The van der Waals surface area contributed by atoms with Crippen molar-refractivity contribution in [3.05, 3.63) is 23.3 Å². The molecule has 0 unspecified atom stereocenters. The molecule has 0 aliphatic rings. The zero-order valence-corrected chi connectivity index (χ0v) is 7.90. The first-order chi connectivity index (χ1) is 5.16. The Kier molecular flexibility index (Phi) is 3.86. The fraction of sp³-hybridized carbons (Fsp3) is 0.250. The molecule has 12 heavy (non-hydrogen) atoms. The summed E-state index contributed by atoms with van der Waals surface area (Å²) in [6.45, 7) is 3.75. The summed E-state index contributed by atoms with van der Waals surface area (Å²) < 4.78 is 0. The Balaban J connectivity index is 0.00000121. The van der Waals surface area contributed by atoms with Gasteiger partial charge in [0.15, 0.2) is 0 Å². The van der Waals surface area contributed by atoms with Gasteiger partial charge in [0.1, 0.15) is 5.75 Å². The van der Waals surface area contributed by atoms with E-state index in [1.165, 1.54) is 0 Å². The zero-order chi connectivity index (χ0) is 8.43. The standard InChI is InChI=1S/C8H12N2O.ClH/c1-5-3-4-7(11)6(2)8(5)10-9;/h3-4,10-11H,9H2,1-2H3;1H. The molecular formula is C8H13ClN2O. The fourth-order valence-electron chi connectivity index (χ4n) is 1.06. The van der Waals surface area contributed by atoms with E-state index in [2.05, 4.69) is 5.43 Å². The Morgan fingerprint density at radius 2 is 1.92 bits per heavy atom. The van der Waals surface area contributed by atoms with E-state index in [-0.39, 0.29) is 18.2 Å². The molecule has 0 bridgehead atoms. The van der Waals surface area contributed by atoms with Gasteiger partial charge in [-0.05, 0) is 25.5 Å². The van der Waals surface area contributed by atoms with Crippen LogP contribution >= 0.6 is 12.4 Å². The van der Waals surface area contributed by atoms with Gasteiger partial charge in [0.2, 0.25) is 0 Å². The van der Waals surface area contributed by atoms with Gasteiger partial charge in [-0.1, -0.05) is 6.07 Å². The molecule has 3 nitrogen and oxygen atoms in total. The van der Waals surface area contributed by atoms with Gasteiger partial charge in [0, 0.05) is 5.56 Å². The topological polar surface area (TPSA) is 58.3 Å². The number of benzene rings is 1. The Morgan fingerprint density at radius 1 is 1.33 bits per heavy atom. The van der Waals surface area contributed by atoms with Crippen molar-refractivity contribution in [3.8, 4) is 5.75 Å². The van der Waals surface area contributed by atoms with Crippen LogP contribution in [0.3, 0.4) is 0 Å². The summed E-state index contributed by atoms with van der Waals surface area (Å²) >= 11 is 0. The van der Waals surface area contributed by atoms with Gasteiger partial charge < -0.3 is 10.5 Å². The predicted octanol–water partition coefficient (Wildman–Crippen LogP) is 1.72. The molecule has 0 fully saturated rings. The Labute approximate surface area is 78.0 Å². The number of aryl methyl sites for hydroxylation is 1. The first-order valence-electron chi connectivity index (χ1n) is 3.42. The van der Waals surface area contributed by atoms with Crippen LogP contribution in [0.2, 0.25) is 0 Å². The summed E-state index contributed by atoms with van der Waals surface area (Å²) in [4.78, 5) is 0. The molecule has 0 saturated carbocycles. The molecule has 0 aromatic heterocycles. The van der Waals surface area contributed by atoms with E-state index in [1.54, 1.807) is 6.07 Å².